The Bertz CT molecular complexity index is 687. The molecule has 0 saturated heterocycles. The molecule has 0 spiro atoms. The standard InChI is InChI=1S/C14H13ClFNO2S/c15-12-5-7-13(8-6-12)20(18,19)17-10-9-11-3-1-2-4-14(11)16/h1-8,17H,9-10H2. The van der Waals surface area contributed by atoms with Crippen LogP contribution in [-0.4, -0.2) is 15.0 Å². The molecule has 0 fully saturated rings. The van der Waals surface area contributed by atoms with Crippen LogP contribution in [0.4, 0.5) is 4.39 Å². The summed E-state index contributed by atoms with van der Waals surface area (Å²) in [5, 5.41) is 0.468. The van der Waals surface area contributed by atoms with Gasteiger partial charge in [0.2, 0.25) is 10.0 Å². The zero-order valence-corrected chi connectivity index (χ0v) is 12.1. The maximum absolute atomic E-state index is 13.4. The average Bonchev–Trinajstić information content (AvgIpc) is 2.41. The van der Waals surface area contributed by atoms with E-state index in [2.05, 4.69) is 4.72 Å². The molecule has 0 aliphatic heterocycles. The zero-order valence-electron chi connectivity index (χ0n) is 10.5. The van der Waals surface area contributed by atoms with E-state index >= 15 is 0 Å². The number of benzene rings is 2. The first kappa shape index (κ1) is 15.0. The molecule has 0 bridgehead atoms. The molecule has 0 unspecified atom stereocenters. The van der Waals surface area contributed by atoms with Crippen LogP contribution >= 0.6 is 11.6 Å². The molecule has 3 nitrogen and oxygen atoms in total. The fourth-order valence-electron chi connectivity index (χ4n) is 1.72. The van der Waals surface area contributed by atoms with Crippen molar-refractivity contribution in [2.45, 2.75) is 11.3 Å². The highest BCUT2D eigenvalue weighted by Crippen LogP contribution is 2.14. The molecule has 1 N–H and O–H groups in total. The summed E-state index contributed by atoms with van der Waals surface area (Å²) in [7, 11) is -3.59. The average molecular weight is 314 g/mol. The van der Waals surface area contributed by atoms with Crippen LogP contribution in [0.2, 0.25) is 5.02 Å². The molecule has 106 valence electrons. The highest BCUT2D eigenvalue weighted by Gasteiger charge is 2.13. The molecule has 0 aliphatic rings. The van der Waals surface area contributed by atoms with Crippen LogP contribution in [0.25, 0.3) is 0 Å². The van der Waals surface area contributed by atoms with Gasteiger partial charge in [-0.25, -0.2) is 17.5 Å². The van der Waals surface area contributed by atoms with E-state index in [1.165, 1.54) is 30.3 Å². The lowest BCUT2D eigenvalue weighted by Gasteiger charge is -2.07. The molecule has 0 aromatic heterocycles. The van der Waals surface area contributed by atoms with Gasteiger partial charge < -0.3 is 0 Å². The quantitative estimate of drug-likeness (QED) is 0.922. The predicted octanol–water partition coefficient (Wildman–Crippen LogP) is 3.00. The molecule has 2 aromatic rings. The number of hydrogen-bond donors (Lipinski definition) is 1. The van der Waals surface area contributed by atoms with E-state index < -0.39 is 10.0 Å². The summed E-state index contributed by atoms with van der Waals surface area (Å²) in [6, 6.07) is 12.2. The topological polar surface area (TPSA) is 46.2 Å². The van der Waals surface area contributed by atoms with E-state index in [9.17, 15) is 12.8 Å². The lowest BCUT2D eigenvalue weighted by molar-refractivity contribution is 0.577. The molecule has 0 radical (unpaired) electrons. The second-order valence-electron chi connectivity index (χ2n) is 4.19. The van der Waals surface area contributed by atoms with Gasteiger partial charge in [-0.05, 0) is 42.3 Å². The van der Waals surface area contributed by atoms with Crippen LogP contribution in [0.15, 0.2) is 53.4 Å². The third kappa shape index (κ3) is 3.79. The summed E-state index contributed by atoms with van der Waals surface area (Å²) < 4.78 is 39.8. The van der Waals surface area contributed by atoms with E-state index in [0.717, 1.165) is 0 Å². The lowest BCUT2D eigenvalue weighted by Crippen LogP contribution is -2.26. The number of nitrogens with one attached hydrogen (secondary N) is 1. The fourth-order valence-corrected chi connectivity index (χ4v) is 2.88. The molecule has 20 heavy (non-hydrogen) atoms. The van der Waals surface area contributed by atoms with Crippen LogP contribution in [-0.2, 0) is 16.4 Å². The summed E-state index contributed by atoms with van der Waals surface area (Å²) in [5.74, 6) is -0.335. The minimum atomic E-state index is -3.59. The van der Waals surface area contributed by atoms with Crippen molar-refractivity contribution < 1.29 is 12.8 Å². The summed E-state index contributed by atoms with van der Waals surface area (Å²) in [6.07, 6.45) is 0.291. The maximum atomic E-state index is 13.4. The Kier molecular flexibility index (Phi) is 4.75. The Morgan fingerprint density at radius 1 is 1.05 bits per heavy atom. The smallest absolute Gasteiger partial charge is 0.211 e. The van der Waals surface area contributed by atoms with Crippen LogP contribution in [0.1, 0.15) is 5.56 Å². The molecule has 2 aromatic carbocycles. The first-order chi connectivity index (χ1) is 9.49. The lowest BCUT2D eigenvalue weighted by atomic mass is 10.1. The van der Waals surface area contributed by atoms with Crippen molar-refractivity contribution in [1.82, 2.24) is 4.72 Å². The maximum Gasteiger partial charge on any atom is 0.240 e. The minimum absolute atomic E-state index is 0.131. The van der Waals surface area contributed by atoms with Crippen molar-refractivity contribution in [3.05, 3.63) is 64.9 Å². The second kappa shape index (κ2) is 6.35. The van der Waals surface area contributed by atoms with Crippen LogP contribution in [0.3, 0.4) is 0 Å². The van der Waals surface area contributed by atoms with Gasteiger partial charge in [-0.2, -0.15) is 0 Å². The third-order valence-electron chi connectivity index (χ3n) is 2.77. The van der Waals surface area contributed by atoms with E-state index in [1.54, 1.807) is 18.2 Å². The Balaban J connectivity index is 2.00. The Labute approximate surface area is 122 Å². The first-order valence-corrected chi connectivity index (χ1v) is 7.84. The van der Waals surface area contributed by atoms with Crippen LogP contribution in [0, 0.1) is 5.82 Å². The minimum Gasteiger partial charge on any atom is -0.211 e. The van der Waals surface area contributed by atoms with Gasteiger partial charge in [0, 0.05) is 11.6 Å². The largest absolute Gasteiger partial charge is 0.240 e. The van der Waals surface area contributed by atoms with Gasteiger partial charge in [-0.15, -0.1) is 0 Å². The van der Waals surface area contributed by atoms with Gasteiger partial charge in [0.25, 0.3) is 0 Å². The van der Waals surface area contributed by atoms with Crippen molar-refractivity contribution >= 4 is 21.6 Å². The number of sulfonamides is 1. The molecule has 6 heteroatoms. The molecular formula is C14H13ClFNO2S. The number of halogens is 2. The Hall–Kier alpha value is -1.43. The van der Waals surface area contributed by atoms with Crippen molar-refractivity contribution in [2.24, 2.45) is 0 Å². The summed E-state index contributed by atoms with van der Waals surface area (Å²) in [6.45, 7) is 0.131. The van der Waals surface area contributed by atoms with E-state index in [-0.39, 0.29) is 17.3 Å². The second-order valence-corrected chi connectivity index (χ2v) is 6.40. The van der Waals surface area contributed by atoms with Crippen LogP contribution in [0.5, 0.6) is 0 Å². The van der Waals surface area contributed by atoms with Crippen molar-refractivity contribution in [3.63, 3.8) is 0 Å². The summed E-state index contributed by atoms with van der Waals surface area (Å²) in [5.41, 5.74) is 0.478. The van der Waals surface area contributed by atoms with Gasteiger partial charge in [0.05, 0.1) is 4.90 Å². The van der Waals surface area contributed by atoms with Gasteiger partial charge in [-0.3, -0.25) is 0 Å². The molecule has 0 atom stereocenters. The molecular weight excluding hydrogens is 301 g/mol. The van der Waals surface area contributed by atoms with E-state index in [4.69, 9.17) is 11.6 Å². The highest BCUT2D eigenvalue weighted by atomic mass is 35.5. The molecule has 0 amide bonds. The van der Waals surface area contributed by atoms with Gasteiger partial charge in [0.15, 0.2) is 0 Å². The zero-order chi connectivity index (χ0) is 14.6. The van der Waals surface area contributed by atoms with Crippen molar-refractivity contribution in [2.75, 3.05) is 6.54 Å². The molecule has 0 aliphatic carbocycles. The fraction of sp³-hybridized carbons (Fsp3) is 0.143. The summed E-state index contributed by atoms with van der Waals surface area (Å²) in [4.78, 5) is 0.135. The van der Waals surface area contributed by atoms with Gasteiger partial charge in [0.1, 0.15) is 5.82 Å². The molecule has 0 heterocycles. The first-order valence-electron chi connectivity index (χ1n) is 5.98. The highest BCUT2D eigenvalue weighted by molar-refractivity contribution is 7.89. The predicted molar refractivity (Wildman–Crippen MR) is 76.7 cm³/mol. The number of rotatable bonds is 5. The monoisotopic (exact) mass is 313 g/mol. The Morgan fingerprint density at radius 2 is 1.70 bits per heavy atom. The van der Waals surface area contributed by atoms with Gasteiger partial charge in [-0.1, -0.05) is 29.8 Å². The molecule has 2 rings (SSSR count). The SMILES string of the molecule is O=S(=O)(NCCc1ccccc1F)c1ccc(Cl)cc1. The third-order valence-corrected chi connectivity index (χ3v) is 4.50. The summed E-state index contributed by atoms with van der Waals surface area (Å²) >= 11 is 5.71. The molecule has 0 saturated carbocycles. The van der Waals surface area contributed by atoms with Gasteiger partial charge >= 0.3 is 0 Å². The number of hydrogen-bond acceptors (Lipinski definition) is 2. The van der Waals surface area contributed by atoms with E-state index in [0.29, 0.717) is 17.0 Å². The Morgan fingerprint density at radius 3 is 2.35 bits per heavy atom. The van der Waals surface area contributed by atoms with Crippen molar-refractivity contribution in [1.29, 1.82) is 0 Å². The normalized spacial score (nSPS) is 11.5. The van der Waals surface area contributed by atoms with E-state index in [1.807, 2.05) is 0 Å². The van der Waals surface area contributed by atoms with Crippen LogP contribution < -0.4 is 4.72 Å². The van der Waals surface area contributed by atoms with Crippen molar-refractivity contribution in [3.8, 4) is 0 Å².